The molecule has 0 bridgehead atoms. The van der Waals surface area contributed by atoms with Crippen molar-refractivity contribution >= 4 is 15.9 Å². The van der Waals surface area contributed by atoms with Gasteiger partial charge in [0.1, 0.15) is 0 Å². The molecule has 1 aliphatic carbocycles. The number of aliphatic hydroxyl groups is 1. The molecule has 1 N–H and O–H groups in total. The highest BCUT2D eigenvalue weighted by molar-refractivity contribution is 9.10. The molecule has 1 atom stereocenters. The van der Waals surface area contributed by atoms with Crippen LogP contribution < -0.4 is 0 Å². The third-order valence-electron chi connectivity index (χ3n) is 3.03. The predicted octanol–water partition coefficient (Wildman–Crippen LogP) is 3.25. The summed E-state index contributed by atoms with van der Waals surface area (Å²) < 4.78 is 1.22. The number of benzene rings is 1. The summed E-state index contributed by atoms with van der Waals surface area (Å²) in [6.07, 6.45) is 4.57. The molecule has 0 saturated heterocycles. The maximum atomic E-state index is 9.02. The van der Waals surface area contributed by atoms with Crippen molar-refractivity contribution in [3.8, 4) is 0 Å². The number of hydrogen-bond acceptors (Lipinski definition) is 1. The van der Waals surface area contributed by atoms with Gasteiger partial charge in [-0.2, -0.15) is 0 Å². The number of hydrogen-bond donors (Lipinski definition) is 1. The molecule has 1 unspecified atom stereocenters. The first-order chi connectivity index (χ1) is 6.83. The Labute approximate surface area is 93.3 Å². The average molecular weight is 255 g/mol. The van der Waals surface area contributed by atoms with Gasteiger partial charge in [0.05, 0.1) is 0 Å². The molecule has 0 heterocycles. The first-order valence-electron chi connectivity index (χ1n) is 5.21. The van der Waals surface area contributed by atoms with Gasteiger partial charge in [-0.25, -0.2) is 0 Å². The molecule has 2 rings (SSSR count). The van der Waals surface area contributed by atoms with Gasteiger partial charge in [0.2, 0.25) is 0 Å². The molecule has 1 nitrogen and oxygen atoms in total. The summed E-state index contributed by atoms with van der Waals surface area (Å²) in [5.74, 6) is 0.555. The zero-order valence-corrected chi connectivity index (χ0v) is 9.76. The zero-order valence-electron chi connectivity index (χ0n) is 8.17. The molecule has 0 saturated carbocycles. The highest BCUT2D eigenvalue weighted by Crippen LogP contribution is 2.38. The van der Waals surface area contributed by atoms with E-state index in [1.165, 1.54) is 34.9 Å². The minimum Gasteiger partial charge on any atom is -0.396 e. The van der Waals surface area contributed by atoms with Crippen molar-refractivity contribution in [1.82, 2.24) is 0 Å². The van der Waals surface area contributed by atoms with Crippen LogP contribution in [0.4, 0.5) is 0 Å². The van der Waals surface area contributed by atoms with Crippen LogP contribution in [0, 0.1) is 0 Å². The van der Waals surface area contributed by atoms with Crippen LogP contribution in [0.3, 0.4) is 0 Å². The second-order valence-corrected chi connectivity index (χ2v) is 4.77. The minimum atomic E-state index is 0.297. The fourth-order valence-electron chi connectivity index (χ4n) is 2.38. The third-order valence-corrected chi connectivity index (χ3v) is 3.72. The summed E-state index contributed by atoms with van der Waals surface area (Å²) in [7, 11) is 0. The van der Waals surface area contributed by atoms with E-state index in [1.807, 2.05) is 0 Å². The van der Waals surface area contributed by atoms with Crippen LogP contribution in [-0.2, 0) is 6.42 Å². The summed E-state index contributed by atoms with van der Waals surface area (Å²) >= 11 is 3.61. The van der Waals surface area contributed by atoms with E-state index in [0.29, 0.717) is 12.5 Å². The van der Waals surface area contributed by atoms with Crippen LogP contribution in [0.1, 0.15) is 36.3 Å². The van der Waals surface area contributed by atoms with Crippen LogP contribution in [0.5, 0.6) is 0 Å². The highest BCUT2D eigenvalue weighted by atomic mass is 79.9. The molecular weight excluding hydrogens is 240 g/mol. The normalized spacial score (nSPS) is 20.6. The van der Waals surface area contributed by atoms with E-state index in [1.54, 1.807) is 0 Å². The number of aliphatic hydroxyl groups excluding tert-OH is 1. The van der Waals surface area contributed by atoms with Crippen molar-refractivity contribution in [2.24, 2.45) is 0 Å². The van der Waals surface area contributed by atoms with Gasteiger partial charge >= 0.3 is 0 Å². The zero-order chi connectivity index (χ0) is 9.97. The maximum absolute atomic E-state index is 9.02. The Kier molecular flexibility index (Phi) is 3.24. The number of rotatable bonds is 2. The molecule has 0 spiro atoms. The van der Waals surface area contributed by atoms with Crippen molar-refractivity contribution in [2.75, 3.05) is 6.61 Å². The second kappa shape index (κ2) is 4.45. The van der Waals surface area contributed by atoms with E-state index in [2.05, 4.69) is 34.1 Å². The lowest BCUT2D eigenvalue weighted by molar-refractivity contribution is 0.269. The van der Waals surface area contributed by atoms with Crippen molar-refractivity contribution < 1.29 is 5.11 Å². The highest BCUT2D eigenvalue weighted by Gasteiger charge is 2.21. The number of aryl methyl sites for hydroxylation is 1. The van der Waals surface area contributed by atoms with Gasteiger partial charge in [0, 0.05) is 11.1 Å². The predicted molar refractivity (Wildman–Crippen MR) is 61.5 cm³/mol. The topological polar surface area (TPSA) is 20.2 Å². The number of halogens is 1. The summed E-state index contributed by atoms with van der Waals surface area (Å²) in [5, 5.41) is 9.02. The van der Waals surface area contributed by atoms with Crippen molar-refractivity contribution in [1.29, 1.82) is 0 Å². The monoisotopic (exact) mass is 254 g/mol. The molecule has 1 aromatic rings. The molecule has 14 heavy (non-hydrogen) atoms. The SMILES string of the molecule is OCCC1CCCc2cccc(Br)c21. The van der Waals surface area contributed by atoms with Gasteiger partial charge in [0.15, 0.2) is 0 Å². The molecule has 1 aliphatic rings. The second-order valence-electron chi connectivity index (χ2n) is 3.91. The van der Waals surface area contributed by atoms with Gasteiger partial charge in [-0.15, -0.1) is 0 Å². The molecule has 0 aliphatic heterocycles. The van der Waals surface area contributed by atoms with Gasteiger partial charge in [-0.1, -0.05) is 28.1 Å². The Morgan fingerprint density at radius 1 is 1.43 bits per heavy atom. The van der Waals surface area contributed by atoms with Crippen molar-refractivity contribution in [3.63, 3.8) is 0 Å². The molecule has 0 radical (unpaired) electrons. The lowest BCUT2D eigenvalue weighted by Gasteiger charge is -2.26. The van der Waals surface area contributed by atoms with Crippen LogP contribution in [0.15, 0.2) is 22.7 Å². The molecular formula is C12H15BrO. The minimum absolute atomic E-state index is 0.297. The molecule has 2 heteroatoms. The third kappa shape index (κ3) is 1.86. The molecule has 0 aromatic heterocycles. The fourth-order valence-corrected chi connectivity index (χ4v) is 3.12. The molecule has 0 fully saturated rings. The summed E-state index contributed by atoms with van der Waals surface area (Å²) in [5.41, 5.74) is 2.90. The summed E-state index contributed by atoms with van der Waals surface area (Å²) in [6.45, 7) is 0.297. The van der Waals surface area contributed by atoms with E-state index >= 15 is 0 Å². The smallest absolute Gasteiger partial charge is 0.0436 e. The Balaban J connectivity index is 2.36. The van der Waals surface area contributed by atoms with E-state index in [-0.39, 0.29) is 0 Å². The van der Waals surface area contributed by atoms with Crippen LogP contribution >= 0.6 is 15.9 Å². The fraction of sp³-hybridized carbons (Fsp3) is 0.500. The van der Waals surface area contributed by atoms with Gasteiger partial charge in [-0.05, 0) is 48.8 Å². The Hall–Kier alpha value is -0.340. The first-order valence-corrected chi connectivity index (χ1v) is 6.00. The Morgan fingerprint density at radius 2 is 2.29 bits per heavy atom. The average Bonchev–Trinajstić information content (AvgIpc) is 2.19. The van der Waals surface area contributed by atoms with Crippen LogP contribution in [0.25, 0.3) is 0 Å². The molecule has 1 aromatic carbocycles. The summed E-state index contributed by atoms with van der Waals surface area (Å²) in [4.78, 5) is 0. The molecule has 0 amide bonds. The van der Waals surface area contributed by atoms with Crippen LogP contribution in [-0.4, -0.2) is 11.7 Å². The Bertz CT molecular complexity index is 322. The summed E-state index contributed by atoms with van der Waals surface area (Å²) in [6, 6.07) is 6.42. The van der Waals surface area contributed by atoms with Crippen molar-refractivity contribution in [3.05, 3.63) is 33.8 Å². The Morgan fingerprint density at radius 3 is 3.07 bits per heavy atom. The lowest BCUT2D eigenvalue weighted by atomic mass is 9.81. The lowest BCUT2D eigenvalue weighted by Crippen LogP contribution is -2.11. The largest absolute Gasteiger partial charge is 0.396 e. The molecule has 76 valence electrons. The first kappa shape index (κ1) is 10.2. The van der Waals surface area contributed by atoms with Gasteiger partial charge < -0.3 is 5.11 Å². The van der Waals surface area contributed by atoms with Gasteiger partial charge in [-0.3, -0.25) is 0 Å². The quantitative estimate of drug-likeness (QED) is 0.860. The van der Waals surface area contributed by atoms with E-state index in [4.69, 9.17) is 5.11 Å². The van der Waals surface area contributed by atoms with E-state index in [0.717, 1.165) is 6.42 Å². The maximum Gasteiger partial charge on any atom is 0.0436 e. The van der Waals surface area contributed by atoms with Crippen molar-refractivity contribution in [2.45, 2.75) is 31.6 Å². The standard InChI is InChI=1S/C12H15BrO/c13-11-6-2-5-9-3-1-4-10(7-8-14)12(9)11/h2,5-6,10,14H,1,3-4,7-8H2. The number of fused-ring (bicyclic) bond motifs is 1. The van der Waals surface area contributed by atoms with Gasteiger partial charge in [0.25, 0.3) is 0 Å². The van der Waals surface area contributed by atoms with E-state index < -0.39 is 0 Å². The van der Waals surface area contributed by atoms with Crippen LogP contribution in [0.2, 0.25) is 0 Å². The van der Waals surface area contributed by atoms with E-state index in [9.17, 15) is 0 Å².